The van der Waals surface area contributed by atoms with Crippen molar-refractivity contribution in [2.75, 3.05) is 0 Å². The summed E-state index contributed by atoms with van der Waals surface area (Å²) in [6.07, 6.45) is 3.62. The molecule has 1 aliphatic heterocycles. The molecule has 3 atom stereocenters. The molecule has 0 saturated carbocycles. The number of carbonyl (C=O) groups is 2. The van der Waals surface area contributed by atoms with E-state index in [1.165, 1.54) is 0 Å². The number of hydrogen-bond acceptors (Lipinski definition) is 3. The van der Waals surface area contributed by atoms with Crippen molar-refractivity contribution >= 4 is 12.0 Å². The molecule has 6 nitrogen and oxygen atoms in total. The van der Waals surface area contributed by atoms with Crippen molar-refractivity contribution in [3.63, 3.8) is 0 Å². The van der Waals surface area contributed by atoms with E-state index in [4.69, 9.17) is 5.11 Å². The van der Waals surface area contributed by atoms with E-state index in [-0.39, 0.29) is 12.1 Å². The van der Waals surface area contributed by atoms with Crippen LogP contribution in [-0.2, 0) is 4.79 Å². The van der Waals surface area contributed by atoms with Crippen molar-refractivity contribution in [2.45, 2.75) is 64.6 Å². The van der Waals surface area contributed by atoms with Crippen molar-refractivity contribution in [3.8, 4) is 0 Å². The van der Waals surface area contributed by atoms with Crippen LogP contribution in [0.5, 0.6) is 0 Å². The van der Waals surface area contributed by atoms with Gasteiger partial charge in [0.1, 0.15) is 6.04 Å². The molecule has 0 spiro atoms. The molecule has 1 saturated heterocycles. The summed E-state index contributed by atoms with van der Waals surface area (Å²) in [5.74, 6) is -1.01. The van der Waals surface area contributed by atoms with Gasteiger partial charge in [0.15, 0.2) is 0 Å². The minimum absolute atomic E-state index is 0.282. The molecule has 18 heavy (non-hydrogen) atoms. The number of nitrogens with one attached hydrogen (secondary N) is 2. The van der Waals surface area contributed by atoms with E-state index >= 15 is 0 Å². The van der Waals surface area contributed by atoms with Crippen LogP contribution < -0.4 is 10.7 Å². The van der Waals surface area contributed by atoms with Gasteiger partial charge in [-0.1, -0.05) is 13.3 Å². The molecule has 6 heteroatoms. The van der Waals surface area contributed by atoms with Gasteiger partial charge in [-0.25, -0.2) is 14.6 Å². The highest BCUT2D eigenvalue weighted by Gasteiger charge is 2.27. The zero-order chi connectivity index (χ0) is 13.7. The maximum absolute atomic E-state index is 11.7. The monoisotopic (exact) mass is 257 g/mol. The fourth-order valence-electron chi connectivity index (χ4n) is 2.29. The van der Waals surface area contributed by atoms with Crippen LogP contribution in [0, 0.1) is 0 Å². The summed E-state index contributed by atoms with van der Waals surface area (Å²) < 4.78 is 0. The van der Waals surface area contributed by atoms with Crippen molar-refractivity contribution < 1.29 is 14.7 Å². The molecule has 104 valence electrons. The van der Waals surface area contributed by atoms with Crippen molar-refractivity contribution in [2.24, 2.45) is 0 Å². The predicted molar refractivity (Wildman–Crippen MR) is 68.0 cm³/mol. The topological polar surface area (TPSA) is 81.7 Å². The van der Waals surface area contributed by atoms with Gasteiger partial charge < -0.3 is 10.4 Å². The minimum atomic E-state index is -1.01. The van der Waals surface area contributed by atoms with E-state index in [1.54, 1.807) is 6.92 Å². The number of nitrogens with zero attached hydrogens (tertiary/aromatic N) is 1. The number of amides is 2. The Morgan fingerprint density at radius 1 is 1.33 bits per heavy atom. The number of piperidine rings is 1. The Kier molecular flexibility index (Phi) is 5.40. The van der Waals surface area contributed by atoms with Gasteiger partial charge in [0, 0.05) is 12.1 Å². The van der Waals surface area contributed by atoms with Gasteiger partial charge in [0.25, 0.3) is 0 Å². The number of urea groups is 1. The molecule has 1 heterocycles. The normalized spacial score (nSPS) is 26.4. The molecule has 1 fully saturated rings. The quantitative estimate of drug-likeness (QED) is 0.709. The highest BCUT2D eigenvalue weighted by Crippen LogP contribution is 2.19. The average molecular weight is 257 g/mol. The SMILES string of the molecule is CCC(NC(=O)NN1C(C)CCCC1C)C(=O)O. The molecule has 0 aliphatic carbocycles. The Labute approximate surface area is 108 Å². The summed E-state index contributed by atoms with van der Waals surface area (Å²) in [5.41, 5.74) is 2.76. The number of hydrogen-bond donors (Lipinski definition) is 3. The molecule has 3 unspecified atom stereocenters. The first kappa shape index (κ1) is 14.8. The first-order valence-electron chi connectivity index (χ1n) is 6.54. The largest absolute Gasteiger partial charge is 0.480 e. The fourth-order valence-corrected chi connectivity index (χ4v) is 2.29. The third-order valence-corrected chi connectivity index (χ3v) is 3.44. The molecule has 2 amide bonds. The van der Waals surface area contributed by atoms with Crippen LogP contribution in [0.25, 0.3) is 0 Å². The minimum Gasteiger partial charge on any atom is -0.480 e. The van der Waals surface area contributed by atoms with E-state index in [0.29, 0.717) is 6.42 Å². The van der Waals surface area contributed by atoms with Crippen LogP contribution in [-0.4, -0.2) is 40.2 Å². The van der Waals surface area contributed by atoms with E-state index in [1.807, 2.05) is 5.01 Å². The molecular formula is C12H23N3O3. The van der Waals surface area contributed by atoms with Crippen LogP contribution in [0.2, 0.25) is 0 Å². The Morgan fingerprint density at radius 3 is 2.33 bits per heavy atom. The second-order valence-electron chi connectivity index (χ2n) is 4.92. The molecule has 0 radical (unpaired) electrons. The summed E-state index contributed by atoms with van der Waals surface area (Å²) in [6, 6.07) is -0.709. The van der Waals surface area contributed by atoms with Crippen LogP contribution in [0.4, 0.5) is 4.79 Å². The average Bonchev–Trinajstić information content (AvgIpc) is 2.30. The molecule has 1 aliphatic rings. The number of carboxylic acids is 1. The lowest BCUT2D eigenvalue weighted by Gasteiger charge is -2.38. The van der Waals surface area contributed by atoms with Gasteiger partial charge in [-0.2, -0.15) is 0 Å². The number of aliphatic carboxylic acids is 1. The van der Waals surface area contributed by atoms with E-state index in [2.05, 4.69) is 24.6 Å². The zero-order valence-electron chi connectivity index (χ0n) is 11.3. The van der Waals surface area contributed by atoms with Crippen molar-refractivity contribution in [1.82, 2.24) is 15.8 Å². The highest BCUT2D eigenvalue weighted by atomic mass is 16.4. The number of hydrazine groups is 1. The third-order valence-electron chi connectivity index (χ3n) is 3.44. The van der Waals surface area contributed by atoms with Crippen molar-refractivity contribution in [1.29, 1.82) is 0 Å². The lowest BCUT2D eigenvalue weighted by atomic mass is 10.00. The van der Waals surface area contributed by atoms with Gasteiger partial charge in [0.2, 0.25) is 0 Å². The summed E-state index contributed by atoms with van der Waals surface area (Å²) >= 11 is 0. The molecule has 0 aromatic rings. The molecule has 0 bridgehead atoms. The number of carbonyl (C=O) groups excluding carboxylic acids is 1. The van der Waals surface area contributed by atoms with E-state index in [9.17, 15) is 9.59 Å². The Morgan fingerprint density at radius 2 is 1.89 bits per heavy atom. The third kappa shape index (κ3) is 3.87. The van der Waals surface area contributed by atoms with Crippen molar-refractivity contribution in [3.05, 3.63) is 0 Å². The van der Waals surface area contributed by atoms with Gasteiger partial charge >= 0.3 is 12.0 Å². The molecule has 0 aromatic heterocycles. The summed E-state index contributed by atoms with van der Waals surface area (Å²) in [6.45, 7) is 5.85. The van der Waals surface area contributed by atoms with Crippen LogP contribution >= 0.6 is 0 Å². The van der Waals surface area contributed by atoms with Crippen LogP contribution in [0.15, 0.2) is 0 Å². The fraction of sp³-hybridized carbons (Fsp3) is 0.833. The Bertz CT molecular complexity index is 299. The summed E-state index contributed by atoms with van der Waals surface area (Å²) in [4.78, 5) is 22.6. The van der Waals surface area contributed by atoms with Gasteiger partial charge in [-0.15, -0.1) is 0 Å². The predicted octanol–water partition coefficient (Wildman–Crippen LogP) is 1.33. The first-order chi connectivity index (χ1) is 8.45. The molecular weight excluding hydrogens is 234 g/mol. The highest BCUT2D eigenvalue weighted by molar-refractivity contribution is 5.82. The second-order valence-corrected chi connectivity index (χ2v) is 4.92. The standard InChI is InChI=1S/C12H23N3O3/c1-4-10(11(16)17)13-12(18)14-15-8(2)6-5-7-9(15)3/h8-10H,4-7H2,1-3H3,(H,16,17)(H2,13,14,18). The maximum Gasteiger partial charge on any atom is 0.330 e. The Hall–Kier alpha value is -1.30. The smallest absolute Gasteiger partial charge is 0.330 e. The summed E-state index contributed by atoms with van der Waals surface area (Å²) in [5, 5.41) is 13.2. The van der Waals surface area contributed by atoms with Gasteiger partial charge in [-0.05, 0) is 33.1 Å². The van der Waals surface area contributed by atoms with Gasteiger partial charge in [0.05, 0.1) is 0 Å². The van der Waals surface area contributed by atoms with Crippen LogP contribution in [0.1, 0.15) is 46.5 Å². The number of rotatable bonds is 4. The first-order valence-corrected chi connectivity index (χ1v) is 6.54. The molecule has 1 rings (SSSR count). The lowest BCUT2D eigenvalue weighted by Crippen LogP contribution is -2.58. The Balaban J connectivity index is 2.50. The van der Waals surface area contributed by atoms with Crippen LogP contribution in [0.3, 0.4) is 0 Å². The number of carboxylic acid groups (broad SMARTS) is 1. The van der Waals surface area contributed by atoms with E-state index < -0.39 is 18.0 Å². The maximum atomic E-state index is 11.7. The molecule has 3 N–H and O–H groups in total. The van der Waals surface area contributed by atoms with Gasteiger partial charge in [-0.3, -0.25) is 5.43 Å². The lowest BCUT2D eigenvalue weighted by molar-refractivity contribution is -0.139. The van der Waals surface area contributed by atoms with E-state index in [0.717, 1.165) is 19.3 Å². The molecule has 0 aromatic carbocycles. The zero-order valence-corrected chi connectivity index (χ0v) is 11.3. The second kappa shape index (κ2) is 6.58. The summed E-state index contributed by atoms with van der Waals surface area (Å²) in [7, 11) is 0.